The maximum atomic E-state index is 11.0. The molecule has 0 aromatic rings. The summed E-state index contributed by atoms with van der Waals surface area (Å²) in [7, 11) is 0. The molecule has 0 heterocycles. The molecule has 2 aliphatic carbocycles. The number of hydrogen-bond acceptors (Lipinski definition) is 4. The first kappa shape index (κ1) is 15.4. The molecule has 2 saturated carbocycles. The van der Waals surface area contributed by atoms with Crippen LogP contribution in [0.1, 0.15) is 47.0 Å². The third kappa shape index (κ3) is 2.54. The molecular weight excluding hydrogens is 232 g/mol. The van der Waals surface area contributed by atoms with Gasteiger partial charge in [0.1, 0.15) is 6.10 Å². The number of carbonyl (C=O) groups excluding carboxylic acids is 1. The van der Waals surface area contributed by atoms with Crippen molar-refractivity contribution < 1.29 is 19.7 Å². The molecule has 2 aliphatic rings. The van der Waals surface area contributed by atoms with E-state index >= 15 is 0 Å². The van der Waals surface area contributed by atoms with Gasteiger partial charge in [-0.25, -0.2) is 0 Å². The minimum Gasteiger partial charge on any atom is -0.462 e. The zero-order valence-electron chi connectivity index (χ0n) is 11.9. The van der Waals surface area contributed by atoms with E-state index in [1.807, 2.05) is 0 Å². The maximum Gasteiger partial charge on any atom is 0.302 e. The molecule has 0 aromatic carbocycles. The van der Waals surface area contributed by atoms with E-state index in [2.05, 4.69) is 20.8 Å². The smallest absolute Gasteiger partial charge is 0.302 e. The zero-order valence-corrected chi connectivity index (χ0v) is 11.9. The number of aliphatic hydroxyl groups excluding tert-OH is 2. The number of hydrogen-bond donors (Lipinski definition) is 2. The Balaban J connectivity index is 0.000000357. The van der Waals surface area contributed by atoms with Crippen molar-refractivity contribution in [3.05, 3.63) is 0 Å². The second-order valence-corrected chi connectivity index (χ2v) is 6.16. The quantitative estimate of drug-likeness (QED) is 0.740. The Kier molecular flexibility index (Phi) is 4.78. The molecule has 0 aromatic heterocycles. The van der Waals surface area contributed by atoms with Gasteiger partial charge in [0, 0.05) is 12.3 Å². The fourth-order valence-electron chi connectivity index (χ4n) is 3.51. The molecule has 0 radical (unpaired) electrons. The molecule has 2 fully saturated rings. The number of rotatable bonds is 2. The fraction of sp³-hybridized carbons (Fsp3) is 0.929. The average molecular weight is 258 g/mol. The molecule has 0 amide bonds. The summed E-state index contributed by atoms with van der Waals surface area (Å²) in [5, 5.41) is 15.2. The van der Waals surface area contributed by atoms with E-state index in [0.717, 1.165) is 12.3 Å². The highest BCUT2D eigenvalue weighted by Gasteiger charge is 2.62. The van der Waals surface area contributed by atoms with Crippen LogP contribution in [0.2, 0.25) is 0 Å². The van der Waals surface area contributed by atoms with Gasteiger partial charge >= 0.3 is 5.97 Å². The average Bonchev–Trinajstić information content (AvgIpc) is 2.62. The van der Waals surface area contributed by atoms with Crippen molar-refractivity contribution in [3.8, 4) is 0 Å². The van der Waals surface area contributed by atoms with Crippen LogP contribution in [0, 0.1) is 16.7 Å². The molecule has 4 heteroatoms. The van der Waals surface area contributed by atoms with Gasteiger partial charge < -0.3 is 14.9 Å². The molecule has 0 aliphatic heterocycles. The molecule has 18 heavy (non-hydrogen) atoms. The van der Waals surface area contributed by atoms with Crippen molar-refractivity contribution in [2.45, 2.75) is 53.1 Å². The summed E-state index contributed by atoms with van der Waals surface area (Å²) in [4.78, 5) is 11.0. The van der Waals surface area contributed by atoms with Crippen LogP contribution in [0.4, 0.5) is 0 Å². The van der Waals surface area contributed by atoms with E-state index in [0.29, 0.717) is 5.41 Å². The molecule has 1 unspecified atom stereocenters. The Morgan fingerprint density at radius 2 is 1.83 bits per heavy atom. The van der Waals surface area contributed by atoms with Crippen LogP contribution < -0.4 is 0 Å². The molecule has 2 rings (SSSR count). The number of fused-ring (bicyclic) bond motifs is 2. The van der Waals surface area contributed by atoms with Gasteiger partial charge in [-0.05, 0) is 30.6 Å². The van der Waals surface area contributed by atoms with Gasteiger partial charge in [-0.2, -0.15) is 0 Å². The summed E-state index contributed by atoms with van der Waals surface area (Å²) >= 11 is 0. The highest BCUT2D eigenvalue weighted by atomic mass is 16.5. The molecule has 0 saturated heterocycles. The van der Waals surface area contributed by atoms with E-state index in [-0.39, 0.29) is 30.7 Å². The summed E-state index contributed by atoms with van der Waals surface area (Å²) in [6, 6.07) is 0. The predicted molar refractivity (Wildman–Crippen MR) is 69.0 cm³/mol. The normalized spacial score (nSPS) is 35.9. The van der Waals surface area contributed by atoms with Crippen molar-refractivity contribution in [2.75, 3.05) is 13.2 Å². The van der Waals surface area contributed by atoms with Crippen LogP contribution >= 0.6 is 0 Å². The third-order valence-corrected chi connectivity index (χ3v) is 5.12. The maximum absolute atomic E-state index is 11.0. The lowest BCUT2D eigenvalue weighted by atomic mass is 9.70. The minimum atomic E-state index is -0.125. The van der Waals surface area contributed by atoms with Gasteiger partial charge in [-0.1, -0.05) is 20.8 Å². The SMILES string of the molecule is CC(=O)OC1C[C@H]2CC[C@@]1(C)C2(C)C.OCCO. The van der Waals surface area contributed by atoms with Crippen molar-refractivity contribution in [1.29, 1.82) is 0 Å². The number of ether oxygens (including phenoxy) is 1. The van der Waals surface area contributed by atoms with Crippen LogP contribution in [0.3, 0.4) is 0 Å². The van der Waals surface area contributed by atoms with Gasteiger partial charge in [-0.3, -0.25) is 4.79 Å². The van der Waals surface area contributed by atoms with E-state index in [1.54, 1.807) is 0 Å². The van der Waals surface area contributed by atoms with Crippen LogP contribution in [0.15, 0.2) is 0 Å². The summed E-state index contributed by atoms with van der Waals surface area (Å²) in [6.07, 6.45) is 3.75. The first-order valence-electron chi connectivity index (χ1n) is 6.68. The van der Waals surface area contributed by atoms with E-state index in [1.165, 1.54) is 19.8 Å². The minimum absolute atomic E-state index is 0.125. The Morgan fingerprint density at radius 3 is 2.11 bits per heavy atom. The summed E-state index contributed by atoms with van der Waals surface area (Å²) in [6.45, 7) is 8.21. The van der Waals surface area contributed by atoms with Crippen LogP contribution in [0.25, 0.3) is 0 Å². The van der Waals surface area contributed by atoms with Gasteiger partial charge in [0.25, 0.3) is 0 Å². The second kappa shape index (κ2) is 5.57. The van der Waals surface area contributed by atoms with Crippen molar-refractivity contribution in [3.63, 3.8) is 0 Å². The molecule has 0 spiro atoms. The van der Waals surface area contributed by atoms with Gasteiger partial charge in [0.05, 0.1) is 13.2 Å². The number of carbonyl (C=O) groups is 1. The molecule has 4 nitrogen and oxygen atoms in total. The van der Waals surface area contributed by atoms with E-state index in [9.17, 15) is 4.79 Å². The molecule has 2 bridgehead atoms. The Bertz CT molecular complexity index is 298. The van der Waals surface area contributed by atoms with Gasteiger partial charge in [-0.15, -0.1) is 0 Å². The second-order valence-electron chi connectivity index (χ2n) is 6.16. The molecule has 106 valence electrons. The lowest BCUT2D eigenvalue weighted by molar-refractivity contribution is -0.154. The molecule has 3 atom stereocenters. The lowest BCUT2D eigenvalue weighted by Crippen LogP contribution is -2.37. The summed E-state index contributed by atoms with van der Waals surface area (Å²) in [5.74, 6) is 0.622. The zero-order chi connectivity index (χ0) is 14.0. The first-order chi connectivity index (χ1) is 8.29. The van der Waals surface area contributed by atoms with E-state index in [4.69, 9.17) is 14.9 Å². The molecule has 2 N–H and O–H groups in total. The summed E-state index contributed by atoms with van der Waals surface area (Å²) in [5.41, 5.74) is 0.552. The summed E-state index contributed by atoms with van der Waals surface area (Å²) < 4.78 is 5.44. The number of aliphatic hydroxyl groups is 2. The van der Waals surface area contributed by atoms with Crippen LogP contribution in [0.5, 0.6) is 0 Å². The van der Waals surface area contributed by atoms with Crippen LogP contribution in [-0.2, 0) is 9.53 Å². The highest BCUT2D eigenvalue weighted by Crippen LogP contribution is 2.66. The van der Waals surface area contributed by atoms with E-state index < -0.39 is 0 Å². The fourth-order valence-corrected chi connectivity index (χ4v) is 3.51. The standard InChI is InChI=1S/C12H20O2.C2H6O2/c1-8(13)14-10-7-9-5-6-12(10,4)11(9,2)3;3-1-2-4/h9-10H,5-7H2,1-4H3;3-4H,1-2H2/t9-,10?,12-;/m1./s1. The Hall–Kier alpha value is -0.610. The first-order valence-corrected chi connectivity index (χ1v) is 6.68. The van der Waals surface area contributed by atoms with Gasteiger partial charge in [0.15, 0.2) is 0 Å². The molecular formula is C14H26O4. The topological polar surface area (TPSA) is 66.8 Å². The lowest BCUT2D eigenvalue weighted by Gasteiger charge is -2.38. The Labute approximate surface area is 109 Å². The third-order valence-electron chi connectivity index (χ3n) is 5.12. The van der Waals surface area contributed by atoms with Crippen molar-refractivity contribution in [2.24, 2.45) is 16.7 Å². The predicted octanol–water partition coefficient (Wildman–Crippen LogP) is 1.74. The largest absolute Gasteiger partial charge is 0.462 e. The van der Waals surface area contributed by atoms with Crippen LogP contribution in [-0.4, -0.2) is 35.5 Å². The van der Waals surface area contributed by atoms with Crippen molar-refractivity contribution in [1.82, 2.24) is 0 Å². The highest BCUT2D eigenvalue weighted by molar-refractivity contribution is 5.66. The Morgan fingerprint density at radius 1 is 1.28 bits per heavy atom. The van der Waals surface area contributed by atoms with Crippen molar-refractivity contribution >= 4 is 5.97 Å². The van der Waals surface area contributed by atoms with Gasteiger partial charge in [0.2, 0.25) is 0 Å². The monoisotopic (exact) mass is 258 g/mol. The number of esters is 1.